The molecular formula is C24H22F4N6O3. The predicted molar refractivity (Wildman–Crippen MR) is 122 cm³/mol. The maximum absolute atomic E-state index is 13.6. The second-order valence-corrected chi connectivity index (χ2v) is 8.38. The highest BCUT2D eigenvalue weighted by molar-refractivity contribution is 5.96. The standard InChI is InChI=1S/C24H22F4N6O3/c1-15-4-2-3-5-20(15)34-14-19(30-31-34)22(36)29-13-21(35)32-8-10-33(11-9-32)23(37)17-12-16(25)6-7-18(17)24(26,27)28/h2-7,12,14H,8-11,13H2,1H3,(H,29,36). The number of nitrogens with zero attached hydrogens (tertiary/aromatic N) is 5. The number of hydrogen-bond acceptors (Lipinski definition) is 5. The van der Waals surface area contributed by atoms with Crippen molar-refractivity contribution in [1.29, 1.82) is 0 Å². The van der Waals surface area contributed by atoms with Crippen LogP contribution in [0.1, 0.15) is 32.0 Å². The molecule has 2 aromatic carbocycles. The summed E-state index contributed by atoms with van der Waals surface area (Å²) in [5, 5.41) is 10.3. The quantitative estimate of drug-likeness (QED) is 0.523. The third-order valence-electron chi connectivity index (χ3n) is 5.93. The molecular weight excluding hydrogens is 496 g/mol. The third kappa shape index (κ3) is 5.76. The zero-order valence-electron chi connectivity index (χ0n) is 19.6. The van der Waals surface area contributed by atoms with Gasteiger partial charge in [0.2, 0.25) is 5.91 Å². The minimum atomic E-state index is -4.82. The molecule has 3 amide bonds. The van der Waals surface area contributed by atoms with E-state index in [1.54, 1.807) is 0 Å². The summed E-state index contributed by atoms with van der Waals surface area (Å²) in [5.74, 6) is -2.97. The summed E-state index contributed by atoms with van der Waals surface area (Å²) in [6.07, 6.45) is -3.38. The van der Waals surface area contributed by atoms with E-state index in [-0.39, 0.29) is 38.4 Å². The first-order valence-electron chi connectivity index (χ1n) is 11.2. The molecule has 1 aliphatic rings. The Morgan fingerprint density at radius 2 is 1.68 bits per heavy atom. The van der Waals surface area contributed by atoms with Gasteiger partial charge in [0.1, 0.15) is 5.82 Å². The summed E-state index contributed by atoms with van der Waals surface area (Å²) < 4.78 is 54.8. The van der Waals surface area contributed by atoms with Crippen LogP contribution in [0.4, 0.5) is 17.6 Å². The van der Waals surface area contributed by atoms with Gasteiger partial charge in [-0.3, -0.25) is 14.4 Å². The second kappa shape index (κ2) is 10.4. The number of para-hydroxylation sites is 1. The first kappa shape index (κ1) is 25.8. The van der Waals surface area contributed by atoms with Crippen LogP contribution in [-0.2, 0) is 11.0 Å². The molecule has 0 atom stereocenters. The van der Waals surface area contributed by atoms with Gasteiger partial charge in [-0.25, -0.2) is 9.07 Å². The second-order valence-electron chi connectivity index (χ2n) is 8.38. The maximum Gasteiger partial charge on any atom is 0.417 e. The molecule has 0 unspecified atom stereocenters. The molecule has 0 aliphatic carbocycles. The van der Waals surface area contributed by atoms with Crippen LogP contribution < -0.4 is 5.32 Å². The highest BCUT2D eigenvalue weighted by Crippen LogP contribution is 2.33. The molecule has 1 fully saturated rings. The lowest BCUT2D eigenvalue weighted by Gasteiger charge is -2.35. The fraction of sp³-hybridized carbons (Fsp3) is 0.292. The molecule has 4 rings (SSSR count). The Morgan fingerprint density at radius 1 is 1.00 bits per heavy atom. The lowest BCUT2D eigenvalue weighted by atomic mass is 10.0. The molecule has 37 heavy (non-hydrogen) atoms. The molecule has 0 saturated carbocycles. The molecule has 1 aromatic heterocycles. The molecule has 1 N–H and O–H groups in total. The summed E-state index contributed by atoms with van der Waals surface area (Å²) in [6, 6.07) is 9.13. The summed E-state index contributed by atoms with van der Waals surface area (Å²) in [5.41, 5.74) is -0.308. The number of nitrogens with one attached hydrogen (secondary N) is 1. The van der Waals surface area contributed by atoms with E-state index in [4.69, 9.17) is 0 Å². The van der Waals surface area contributed by atoms with Crippen molar-refractivity contribution >= 4 is 17.7 Å². The van der Waals surface area contributed by atoms with E-state index in [1.807, 2.05) is 31.2 Å². The van der Waals surface area contributed by atoms with E-state index in [0.717, 1.165) is 16.2 Å². The number of carbonyl (C=O) groups excluding carboxylic acids is 3. The fourth-order valence-corrected chi connectivity index (χ4v) is 3.93. The molecule has 2 heterocycles. The summed E-state index contributed by atoms with van der Waals surface area (Å²) in [6.45, 7) is 1.54. The Balaban J connectivity index is 1.31. The average molecular weight is 518 g/mol. The number of amides is 3. The molecule has 9 nitrogen and oxygen atoms in total. The zero-order chi connectivity index (χ0) is 26.7. The number of alkyl halides is 3. The molecule has 0 bridgehead atoms. The smallest absolute Gasteiger partial charge is 0.342 e. The van der Waals surface area contributed by atoms with Gasteiger partial charge in [-0.1, -0.05) is 23.4 Å². The number of piperazine rings is 1. The number of aryl methyl sites for hydroxylation is 1. The number of rotatable bonds is 5. The van der Waals surface area contributed by atoms with Gasteiger partial charge in [-0.05, 0) is 36.8 Å². The average Bonchev–Trinajstić information content (AvgIpc) is 3.36. The van der Waals surface area contributed by atoms with E-state index in [0.29, 0.717) is 18.2 Å². The van der Waals surface area contributed by atoms with Gasteiger partial charge >= 0.3 is 6.18 Å². The van der Waals surface area contributed by atoms with E-state index < -0.39 is 40.8 Å². The van der Waals surface area contributed by atoms with E-state index in [9.17, 15) is 31.9 Å². The van der Waals surface area contributed by atoms with Gasteiger partial charge in [0.15, 0.2) is 5.69 Å². The molecule has 13 heteroatoms. The van der Waals surface area contributed by atoms with Gasteiger partial charge < -0.3 is 15.1 Å². The predicted octanol–water partition coefficient (Wildman–Crippen LogP) is 2.45. The van der Waals surface area contributed by atoms with Gasteiger partial charge in [0, 0.05) is 26.2 Å². The van der Waals surface area contributed by atoms with Crippen molar-refractivity contribution in [3.8, 4) is 5.69 Å². The number of aromatic nitrogens is 3. The normalized spacial score (nSPS) is 14.0. The fourth-order valence-electron chi connectivity index (χ4n) is 3.93. The lowest BCUT2D eigenvalue weighted by Crippen LogP contribution is -2.52. The van der Waals surface area contributed by atoms with Crippen LogP contribution in [0.3, 0.4) is 0 Å². The van der Waals surface area contributed by atoms with Crippen molar-refractivity contribution in [2.24, 2.45) is 0 Å². The molecule has 0 spiro atoms. The molecule has 0 radical (unpaired) electrons. The summed E-state index contributed by atoms with van der Waals surface area (Å²) >= 11 is 0. The van der Waals surface area contributed by atoms with Crippen molar-refractivity contribution < 1.29 is 31.9 Å². The Morgan fingerprint density at radius 3 is 2.35 bits per heavy atom. The number of benzene rings is 2. The van der Waals surface area contributed by atoms with Gasteiger partial charge in [0.25, 0.3) is 11.8 Å². The Bertz CT molecular complexity index is 1330. The van der Waals surface area contributed by atoms with Crippen LogP contribution in [0, 0.1) is 12.7 Å². The van der Waals surface area contributed by atoms with Crippen LogP contribution in [0.25, 0.3) is 5.69 Å². The largest absolute Gasteiger partial charge is 0.417 e. The SMILES string of the molecule is Cc1ccccc1-n1cc(C(=O)NCC(=O)N2CCN(C(=O)c3cc(F)ccc3C(F)(F)F)CC2)nn1. The van der Waals surface area contributed by atoms with Crippen molar-refractivity contribution in [3.05, 3.63) is 76.9 Å². The van der Waals surface area contributed by atoms with Crippen LogP contribution >= 0.6 is 0 Å². The van der Waals surface area contributed by atoms with Crippen LogP contribution in [0.2, 0.25) is 0 Å². The van der Waals surface area contributed by atoms with Crippen molar-refractivity contribution in [2.45, 2.75) is 13.1 Å². The molecule has 1 saturated heterocycles. The molecule has 1 aliphatic heterocycles. The Kier molecular flexibility index (Phi) is 7.23. The van der Waals surface area contributed by atoms with E-state index >= 15 is 0 Å². The molecule has 3 aromatic rings. The van der Waals surface area contributed by atoms with Gasteiger partial charge in [-0.2, -0.15) is 13.2 Å². The minimum Gasteiger partial charge on any atom is -0.342 e. The first-order chi connectivity index (χ1) is 17.5. The van der Waals surface area contributed by atoms with Crippen molar-refractivity contribution in [2.75, 3.05) is 32.7 Å². The van der Waals surface area contributed by atoms with Crippen molar-refractivity contribution in [3.63, 3.8) is 0 Å². The van der Waals surface area contributed by atoms with Crippen LogP contribution in [0.15, 0.2) is 48.7 Å². The van der Waals surface area contributed by atoms with E-state index in [2.05, 4.69) is 15.6 Å². The first-order valence-corrected chi connectivity index (χ1v) is 11.2. The Labute approximate surface area is 208 Å². The Hall–Kier alpha value is -4.29. The highest BCUT2D eigenvalue weighted by atomic mass is 19.4. The number of carbonyl (C=O) groups is 3. The third-order valence-corrected chi connectivity index (χ3v) is 5.93. The molecule has 194 valence electrons. The summed E-state index contributed by atoms with van der Waals surface area (Å²) in [7, 11) is 0. The zero-order valence-corrected chi connectivity index (χ0v) is 19.6. The topological polar surface area (TPSA) is 100 Å². The van der Waals surface area contributed by atoms with Crippen LogP contribution in [-0.4, -0.2) is 75.2 Å². The number of hydrogen-bond donors (Lipinski definition) is 1. The summed E-state index contributed by atoms with van der Waals surface area (Å²) in [4.78, 5) is 40.2. The minimum absolute atomic E-state index is 0.0158. The lowest BCUT2D eigenvalue weighted by molar-refractivity contribution is -0.138. The van der Waals surface area contributed by atoms with E-state index in [1.165, 1.54) is 15.8 Å². The number of halogens is 4. The van der Waals surface area contributed by atoms with Gasteiger partial charge in [0.05, 0.1) is 29.6 Å². The maximum atomic E-state index is 13.6. The van der Waals surface area contributed by atoms with Crippen molar-refractivity contribution in [1.82, 2.24) is 30.1 Å². The van der Waals surface area contributed by atoms with Gasteiger partial charge in [-0.15, -0.1) is 5.10 Å². The van der Waals surface area contributed by atoms with Crippen LogP contribution in [0.5, 0.6) is 0 Å². The highest BCUT2D eigenvalue weighted by Gasteiger charge is 2.37. The monoisotopic (exact) mass is 518 g/mol.